The van der Waals surface area contributed by atoms with E-state index in [-0.39, 0.29) is 13.0 Å². The number of hydrogen-bond donors (Lipinski definition) is 6. The minimum Gasteiger partial charge on any atom is -0.462 e. The molecule has 2 aliphatic heterocycles. The lowest BCUT2D eigenvalue weighted by molar-refractivity contribution is -0.366. The third kappa shape index (κ3) is 17.7. The van der Waals surface area contributed by atoms with Crippen molar-refractivity contribution in [1.82, 2.24) is 0 Å². The van der Waals surface area contributed by atoms with Gasteiger partial charge < -0.3 is 54.3 Å². The van der Waals surface area contributed by atoms with Crippen LogP contribution in [0, 0.1) is 0 Å². The number of carbonyl (C=O) groups is 1. The molecule has 12 heteroatoms. The second kappa shape index (κ2) is 27.6. The highest BCUT2D eigenvalue weighted by Crippen LogP contribution is 2.31. The van der Waals surface area contributed by atoms with E-state index in [4.69, 9.17) is 23.7 Å². The fourth-order valence-corrected chi connectivity index (χ4v) is 7.14. The Morgan fingerprint density at radius 1 is 0.558 bits per heavy atom. The normalized spacial score (nSPS) is 30.7. The molecule has 0 unspecified atom stereocenters. The smallest absolute Gasteiger partial charge is 0.308 e. The molecule has 0 radical (unpaired) electrons. The summed E-state index contributed by atoms with van der Waals surface area (Å²) < 4.78 is 29.8. The van der Waals surface area contributed by atoms with Crippen LogP contribution in [-0.4, -0.2) is 117 Å². The zero-order valence-electron chi connectivity index (χ0n) is 32.8. The molecule has 2 heterocycles. The van der Waals surface area contributed by atoms with Gasteiger partial charge in [-0.05, 0) is 33.1 Å². The zero-order chi connectivity index (χ0) is 38.3. The van der Waals surface area contributed by atoms with Gasteiger partial charge in [-0.25, -0.2) is 0 Å². The second-order valence-corrected chi connectivity index (χ2v) is 15.3. The van der Waals surface area contributed by atoms with Crippen LogP contribution < -0.4 is 0 Å². The van der Waals surface area contributed by atoms with Crippen molar-refractivity contribution in [1.29, 1.82) is 0 Å². The molecule has 52 heavy (non-hydrogen) atoms. The zero-order valence-corrected chi connectivity index (χ0v) is 32.8. The highest BCUT2D eigenvalue weighted by molar-refractivity contribution is 5.70. The van der Waals surface area contributed by atoms with Crippen LogP contribution in [0.15, 0.2) is 0 Å². The van der Waals surface area contributed by atoms with Crippen molar-refractivity contribution in [3.8, 4) is 0 Å². The highest BCUT2D eigenvalue weighted by atomic mass is 16.8. The summed E-state index contributed by atoms with van der Waals surface area (Å²) in [6.07, 6.45) is 8.02. The molecular weight excluding hydrogens is 672 g/mol. The molecule has 0 spiro atoms. The first-order chi connectivity index (χ1) is 25.0. The standard InChI is InChI=1S/C40H76O12/c1-5-7-9-11-13-15-17-19-21-23-30(25-26-41)50-32(42)27-31(24-22-20-18-16-14-12-10-8-6-2)51-40-38(36(46)34(44)29(4)49-40)52-39-37(47)35(45)33(43)28(3)48-39/h28-31,33-41,43-47H,5-27H2,1-4H3/t28-,29-,30+,31+,33-,34-,35+,36+,37+,38+,39-,40-/m0/s1. The molecule has 12 atom stereocenters. The number of aliphatic hydroxyl groups is 6. The van der Waals surface area contributed by atoms with Gasteiger partial charge in [-0.3, -0.25) is 4.79 Å². The second-order valence-electron chi connectivity index (χ2n) is 15.3. The summed E-state index contributed by atoms with van der Waals surface area (Å²) in [7, 11) is 0. The molecule has 0 aromatic heterocycles. The highest BCUT2D eigenvalue weighted by Gasteiger charge is 2.50. The van der Waals surface area contributed by atoms with Crippen LogP contribution in [0.25, 0.3) is 0 Å². The number of rotatable bonds is 29. The van der Waals surface area contributed by atoms with Gasteiger partial charge in [0.25, 0.3) is 0 Å². The van der Waals surface area contributed by atoms with Crippen LogP contribution >= 0.6 is 0 Å². The predicted molar refractivity (Wildman–Crippen MR) is 198 cm³/mol. The van der Waals surface area contributed by atoms with E-state index in [0.717, 1.165) is 44.9 Å². The first-order valence-corrected chi connectivity index (χ1v) is 20.9. The lowest BCUT2D eigenvalue weighted by Crippen LogP contribution is -2.63. The quantitative estimate of drug-likeness (QED) is 0.0413. The fourth-order valence-electron chi connectivity index (χ4n) is 7.14. The van der Waals surface area contributed by atoms with Gasteiger partial charge >= 0.3 is 5.97 Å². The third-order valence-electron chi connectivity index (χ3n) is 10.6. The van der Waals surface area contributed by atoms with E-state index in [1.54, 1.807) is 6.92 Å². The van der Waals surface area contributed by atoms with Crippen LogP contribution in [-0.2, 0) is 28.5 Å². The Bertz CT molecular complexity index is 895. The Morgan fingerprint density at radius 3 is 1.50 bits per heavy atom. The first kappa shape index (κ1) is 47.2. The number of unbranched alkanes of at least 4 members (excludes halogenated alkanes) is 16. The third-order valence-corrected chi connectivity index (χ3v) is 10.6. The summed E-state index contributed by atoms with van der Waals surface area (Å²) in [4.78, 5) is 13.4. The summed E-state index contributed by atoms with van der Waals surface area (Å²) in [6.45, 7) is 7.45. The number of esters is 1. The van der Waals surface area contributed by atoms with E-state index in [1.807, 2.05) is 0 Å². The maximum Gasteiger partial charge on any atom is 0.308 e. The molecule has 2 saturated heterocycles. The SMILES string of the molecule is CCCCCCCCCCC[C@H](CCO)OC(=O)C[C@@H](CCCCCCCCCCC)O[C@@H]1O[C@@H](C)[C@H](O)[C@@H](O)[C@H]1O[C@@H]1O[C@@H](C)[C@H](O)[C@@H](O)[C@H]1O. The first-order valence-electron chi connectivity index (χ1n) is 20.9. The van der Waals surface area contributed by atoms with Gasteiger partial charge in [-0.2, -0.15) is 0 Å². The molecule has 0 saturated carbocycles. The average Bonchev–Trinajstić information content (AvgIpc) is 3.11. The van der Waals surface area contributed by atoms with Crippen molar-refractivity contribution in [2.75, 3.05) is 6.61 Å². The number of aliphatic hydroxyl groups excluding tert-OH is 6. The molecular formula is C40H76O12. The van der Waals surface area contributed by atoms with E-state index < -0.39 is 79.6 Å². The Kier molecular flexibility index (Phi) is 25.1. The molecule has 2 fully saturated rings. The summed E-state index contributed by atoms with van der Waals surface area (Å²) in [5.41, 5.74) is 0. The Labute approximate surface area is 313 Å². The molecule has 2 aliphatic rings. The van der Waals surface area contributed by atoms with Gasteiger partial charge in [0.2, 0.25) is 0 Å². The van der Waals surface area contributed by atoms with Gasteiger partial charge in [-0.15, -0.1) is 0 Å². The van der Waals surface area contributed by atoms with Crippen LogP contribution in [0.5, 0.6) is 0 Å². The molecule has 6 N–H and O–H groups in total. The molecule has 0 bridgehead atoms. The lowest BCUT2D eigenvalue weighted by Gasteiger charge is -2.46. The van der Waals surface area contributed by atoms with Crippen LogP contribution in [0.1, 0.15) is 169 Å². The molecule has 2 rings (SSSR count). The largest absolute Gasteiger partial charge is 0.462 e. The fraction of sp³-hybridized carbons (Fsp3) is 0.975. The van der Waals surface area contributed by atoms with Gasteiger partial charge in [0.05, 0.1) is 24.7 Å². The van der Waals surface area contributed by atoms with Crippen molar-refractivity contribution < 1.29 is 59.1 Å². The van der Waals surface area contributed by atoms with Gasteiger partial charge in [0.15, 0.2) is 12.6 Å². The summed E-state index contributed by atoms with van der Waals surface area (Å²) >= 11 is 0. The Balaban J connectivity index is 2.05. The van der Waals surface area contributed by atoms with Crippen molar-refractivity contribution in [2.24, 2.45) is 0 Å². The predicted octanol–water partition coefficient (Wildman–Crippen LogP) is 5.58. The number of ether oxygens (including phenoxy) is 5. The van der Waals surface area contributed by atoms with E-state index in [9.17, 15) is 35.4 Å². The summed E-state index contributed by atoms with van der Waals surface area (Å²) in [5.74, 6) is -0.450. The van der Waals surface area contributed by atoms with Crippen molar-refractivity contribution in [3.63, 3.8) is 0 Å². The van der Waals surface area contributed by atoms with Gasteiger partial charge in [0.1, 0.15) is 42.7 Å². The monoisotopic (exact) mass is 749 g/mol. The van der Waals surface area contributed by atoms with E-state index in [1.165, 1.54) is 77.6 Å². The molecule has 12 nitrogen and oxygen atoms in total. The Morgan fingerprint density at radius 2 is 1.00 bits per heavy atom. The van der Waals surface area contributed by atoms with Crippen LogP contribution in [0.4, 0.5) is 0 Å². The molecule has 308 valence electrons. The van der Waals surface area contributed by atoms with E-state index in [2.05, 4.69) is 13.8 Å². The Hall–Kier alpha value is -0.930. The van der Waals surface area contributed by atoms with Gasteiger partial charge in [-0.1, -0.05) is 123 Å². The maximum absolute atomic E-state index is 13.4. The summed E-state index contributed by atoms with van der Waals surface area (Å²) in [6, 6.07) is 0. The number of hydrogen-bond acceptors (Lipinski definition) is 12. The average molecular weight is 749 g/mol. The van der Waals surface area contributed by atoms with E-state index in [0.29, 0.717) is 19.3 Å². The molecule has 0 aliphatic carbocycles. The van der Waals surface area contributed by atoms with Crippen molar-refractivity contribution >= 4 is 5.97 Å². The minimum absolute atomic E-state index is 0.0825. The van der Waals surface area contributed by atoms with E-state index >= 15 is 0 Å². The topological polar surface area (TPSA) is 185 Å². The van der Waals surface area contributed by atoms with Crippen LogP contribution in [0.3, 0.4) is 0 Å². The van der Waals surface area contributed by atoms with Gasteiger partial charge in [0, 0.05) is 13.0 Å². The summed E-state index contributed by atoms with van der Waals surface area (Å²) in [5, 5.41) is 62.5. The molecule has 0 aromatic carbocycles. The van der Waals surface area contributed by atoms with Crippen molar-refractivity contribution in [2.45, 2.75) is 243 Å². The lowest BCUT2D eigenvalue weighted by atomic mass is 9.97. The maximum atomic E-state index is 13.4. The minimum atomic E-state index is -1.64. The number of carbonyl (C=O) groups excluding carboxylic acids is 1. The van der Waals surface area contributed by atoms with Crippen molar-refractivity contribution in [3.05, 3.63) is 0 Å². The molecule has 0 aromatic rings. The van der Waals surface area contributed by atoms with Crippen LogP contribution in [0.2, 0.25) is 0 Å². The molecule has 0 amide bonds.